The largest absolute Gasteiger partial charge is 0.453 e. The Morgan fingerprint density at radius 1 is 1.04 bits per heavy atom. The molecule has 1 aromatic carbocycles. The maximum atomic E-state index is 12.5. The molecule has 0 spiro atoms. The lowest BCUT2D eigenvalue weighted by molar-refractivity contribution is 0.0468. The molecule has 132 valence electrons. The molecule has 0 aliphatic rings. The zero-order chi connectivity index (χ0) is 18.7. The van der Waals surface area contributed by atoms with Gasteiger partial charge in [-0.15, -0.1) is 0 Å². The maximum absolute atomic E-state index is 12.5. The topological polar surface area (TPSA) is 74.1 Å². The van der Waals surface area contributed by atoms with Gasteiger partial charge in [0.15, 0.2) is 12.3 Å². The highest BCUT2D eigenvalue weighted by Crippen LogP contribution is 2.21. The van der Waals surface area contributed by atoms with E-state index in [1.54, 1.807) is 6.92 Å². The number of para-hydroxylation sites is 1. The minimum absolute atomic E-state index is 0.0816. The minimum Gasteiger partial charge on any atom is -0.453 e. The van der Waals surface area contributed by atoms with E-state index in [1.807, 2.05) is 54.8 Å². The highest BCUT2D eigenvalue weighted by atomic mass is 16.5. The second kappa shape index (κ2) is 7.31. The number of benzene rings is 1. The Balaban J connectivity index is 1.74. The average molecular weight is 349 g/mol. The van der Waals surface area contributed by atoms with E-state index in [1.165, 1.54) is 12.4 Å². The van der Waals surface area contributed by atoms with Crippen molar-refractivity contribution in [2.45, 2.75) is 20.8 Å². The quantitative estimate of drug-likeness (QED) is 0.522. The second-order valence-corrected chi connectivity index (χ2v) is 6.00. The predicted octanol–water partition coefficient (Wildman–Crippen LogP) is 3.23. The van der Waals surface area contributed by atoms with Gasteiger partial charge in [-0.1, -0.05) is 18.2 Å². The number of carbonyl (C=O) groups is 2. The highest BCUT2D eigenvalue weighted by Gasteiger charge is 2.19. The van der Waals surface area contributed by atoms with E-state index < -0.39 is 5.97 Å². The standard InChI is InChI=1S/C20H19N3O3/c1-13-10-22-18(11-21-13)20(25)26-12-19(24)17-9-14(2)23(15(17)3)16-7-5-4-6-8-16/h4-11H,12H2,1-3H3. The number of ether oxygens (including phenoxy) is 1. The number of nitrogens with zero attached hydrogens (tertiary/aromatic N) is 3. The number of rotatable bonds is 5. The zero-order valence-corrected chi connectivity index (χ0v) is 14.9. The van der Waals surface area contributed by atoms with E-state index in [9.17, 15) is 9.59 Å². The van der Waals surface area contributed by atoms with Gasteiger partial charge >= 0.3 is 5.97 Å². The number of hydrogen-bond donors (Lipinski definition) is 0. The van der Waals surface area contributed by atoms with Crippen molar-refractivity contribution in [1.82, 2.24) is 14.5 Å². The molecule has 6 heteroatoms. The van der Waals surface area contributed by atoms with Crippen LogP contribution in [0, 0.1) is 20.8 Å². The van der Waals surface area contributed by atoms with Crippen LogP contribution in [0.5, 0.6) is 0 Å². The van der Waals surface area contributed by atoms with Crippen molar-refractivity contribution in [2.75, 3.05) is 6.61 Å². The van der Waals surface area contributed by atoms with Crippen molar-refractivity contribution < 1.29 is 14.3 Å². The summed E-state index contributed by atoms with van der Waals surface area (Å²) in [5, 5.41) is 0. The summed E-state index contributed by atoms with van der Waals surface area (Å²) in [4.78, 5) is 32.5. The van der Waals surface area contributed by atoms with Crippen LogP contribution in [-0.2, 0) is 4.74 Å². The molecule has 2 aromatic heterocycles. The predicted molar refractivity (Wildman–Crippen MR) is 96.6 cm³/mol. The van der Waals surface area contributed by atoms with Gasteiger partial charge in [0.05, 0.1) is 11.9 Å². The Hall–Kier alpha value is -3.28. The van der Waals surface area contributed by atoms with Gasteiger partial charge in [0.25, 0.3) is 0 Å². The molecule has 6 nitrogen and oxygen atoms in total. The third-order valence-electron chi connectivity index (χ3n) is 4.07. The van der Waals surface area contributed by atoms with Gasteiger partial charge in [0.1, 0.15) is 0 Å². The molecule has 26 heavy (non-hydrogen) atoms. The van der Waals surface area contributed by atoms with Crippen molar-refractivity contribution >= 4 is 11.8 Å². The van der Waals surface area contributed by atoms with E-state index in [0.717, 1.165) is 17.1 Å². The fourth-order valence-electron chi connectivity index (χ4n) is 2.80. The van der Waals surface area contributed by atoms with Crippen molar-refractivity contribution in [3.8, 4) is 5.69 Å². The molecule has 0 radical (unpaired) electrons. The van der Waals surface area contributed by atoms with E-state index in [-0.39, 0.29) is 18.1 Å². The number of esters is 1. The molecule has 0 aliphatic carbocycles. The van der Waals surface area contributed by atoms with Crippen molar-refractivity contribution in [1.29, 1.82) is 0 Å². The first-order valence-corrected chi connectivity index (χ1v) is 8.20. The van der Waals surface area contributed by atoms with Crippen molar-refractivity contribution in [2.24, 2.45) is 0 Å². The van der Waals surface area contributed by atoms with Crippen LogP contribution in [0.25, 0.3) is 5.69 Å². The summed E-state index contributed by atoms with van der Waals surface area (Å²) in [5.74, 6) is -0.920. The molecule has 0 saturated carbocycles. The Labute approximate surface area is 151 Å². The SMILES string of the molecule is Cc1cnc(C(=O)OCC(=O)c2cc(C)n(-c3ccccc3)c2C)cn1. The molecule has 0 unspecified atom stereocenters. The van der Waals surface area contributed by atoms with Gasteiger partial charge in [-0.05, 0) is 39.0 Å². The van der Waals surface area contributed by atoms with Crippen LogP contribution in [0.3, 0.4) is 0 Å². The second-order valence-electron chi connectivity index (χ2n) is 6.00. The summed E-state index contributed by atoms with van der Waals surface area (Å²) in [6.07, 6.45) is 2.81. The van der Waals surface area contributed by atoms with Crippen LogP contribution < -0.4 is 0 Å². The monoisotopic (exact) mass is 349 g/mol. The summed E-state index contributed by atoms with van der Waals surface area (Å²) in [7, 11) is 0. The summed E-state index contributed by atoms with van der Waals surface area (Å²) < 4.78 is 7.09. The van der Waals surface area contributed by atoms with Gasteiger partial charge < -0.3 is 9.30 Å². The highest BCUT2D eigenvalue weighted by molar-refractivity contribution is 6.00. The lowest BCUT2D eigenvalue weighted by atomic mass is 10.1. The number of aromatic nitrogens is 3. The first-order valence-electron chi connectivity index (χ1n) is 8.20. The Kier molecular flexibility index (Phi) is 4.93. The number of Topliss-reactive ketones (excluding diaryl/α,β-unsaturated/α-hetero) is 1. The molecule has 0 saturated heterocycles. The summed E-state index contributed by atoms with van der Waals surface area (Å²) in [6.45, 7) is 5.24. The van der Waals surface area contributed by atoms with Crippen LogP contribution in [-0.4, -0.2) is 32.9 Å². The van der Waals surface area contributed by atoms with E-state index >= 15 is 0 Å². The van der Waals surface area contributed by atoms with Gasteiger partial charge in [-0.3, -0.25) is 9.78 Å². The Morgan fingerprint density at radius 2 is 1.77 bits per heavy atom. The molecule has 0 atom stereocenters. The zero-order valence-electron chi connectivity index (χ0n) is 14.9. The summed E-state index contributed by atoms with van der Waals surface area (Å²) >= 11 is 0. The first kappa shape index (κ1) is 17.5. The lowest BCUT2D eigenvalue weighted by Crippen LogP contribution is -2.16. The Morgan fingerprint density at radius 3 is 2.42 bits per heavy atom. The Bertz CT molecular complexity index is 944. The van der Waals surface area contributed by atoms with Gasteiger partial charge in [0, 0.05) is 28.8 Å². The number of carbonyl (C=O) groups excluding carboxylic acids is 2. The molecule has 0 fully saturated rings. The molecule has 0 bridgehead atoms. The summed E-state index contributed by atoms with van der Waals surface area (Å²) in [6, 6.07) is 11.6. The van der Waals surface area contributed by atoms with Gasteiger partial charge in [0.2, 0.25) is 5.78 Å². The molecular formula is C20H19N3O3. The number of aryl methyl sites for hydroxylation is 2. The van der Waals surface area contributed by atoms with Crippen LogP contribution >= 0.6 is 0 Å². The number of ketones is 1. The summed E-state index contributed by atoms with van der Waals surface area (Å²) in [5.41, 5.74) is 4.05. The van der Waals surface area contributed by atoms with Crippen LogP contribution in [0.1, 0.15) is 37.9 Å². The third kappa shape index (κ3) is 3.54. The van der Waals surface area contributed by atoms with Crippen molar-refractivity contribution in [3.05, 3.63) is 77.1 Å². The maximum Gasteiger partial charge on any atom is 0.358 e. The third-order valence-corrected chi connectivity index (χ3v) is 4.07. The first-order chi connectivity index (χ1) is 12.5. The fraction of sp³-hybridized carbons (Fsp3) is 0.200. The van der Waals surface area contributed by atoms with E-state index in [0.29, 0.717) is 11.3 Å². The van der Waals surface area contributed by atoms with Gasteiger partial charge in [-0.2, -0.15) is 0 Å². The van der Waals surface area contributed by atoms with Crippen LogP contribution in [0.4, 0.5) is 0 Å². The normalized spacial score (nSPS) is 10.6. The van der Waals surface area contributed by atoms with Crippen molar-refractivity contribution in [3.63, 3.8) is 0 Å². The molecule has 3 aromatic rings. The average Bonchev–Trinajstić information content (AvgIpc) is 2.95. The van der Waals surface area contributed by atoms with Gasteiger partial charge in [-0.25, -0.2) is 9.78 Å². The molecule has 0 aliphatic heterocycles. The van der Waals surface area contributed by atoms with Crippen LogP contribution in [0.2, 0.25) is 0 Å². The number of hydrogen-bond acceptors (Lipinski definition) is 5. The van der Waals surface area contributed by atoms with Crippen LogP contribution in [0.15, 0.2) is 48.8 Å². The minimum atomic E-state index is -0.664. The molecular weight excluding hydrogens is 330 g/mol. The molecule has 3 rings (SSSR count). The molecule has 0 amide bonds. The molecule has 0 N–H and O–H groups in total. The fourth-order valence-corrected chi connectivity index (χ4v) is 2.80. The smallest absolute Gasteiger partial charge is 0.358 e. The molecule has 2 heterocycles. The van der Waals surface area contributed by atoms with E-state index in [2.05, 4.69) is 9.97 Å². The lowest BCUT2D eigenvalue weighted by Gasteiger charge is -2.09. The van der Waals surface area contributed by atoms with E-state index in [4.69, 9.17) is 4.74 Å².